The van der Waals surface area contributed by atoms with Crippen LogP contribution in [0.2, 0.25) is 0 Å². The number of aliphatic hydroxyl groups excluding tert-OH is 1. The molecule has 0 radical (unpaired) electrons. The van der Waals surface area contributed by atoms with E-state index in [0.717, 1.165) is 18.9 Å². The van der Waals surface area contributed by atoms with Gasteiger partial charge in [0.25, 0.3) is 5.91 Å². The molecule has 0 heterocycles. The summed E-state index contributed by atoms with van der Waals surface area (Å²) in [5.74, 6) is -0.837. The number of halogens is 1. The van der Waals surface area contributed by atoms with Crippen LogP contribution in [0.4, 0.5) is 10.1 Å². The first-order valence-electron chi connectivity index (χ1n) is 5.60. The fourth-order valence-electron chi connectivity index (χ4n) is 1.77. The minimum Gasteiger partial charge on any atom is -0.396 e. The maximum atomic E-state index is 13.3. The lowest BCUT2D eigenvalue weighted by Crippen LogP contribution is -2.35. The summed E-state index contributed by atoms with van der Waals surface area (Å²) in [6.45, 7) is 0.204. The summed E-state index contributed by atoms with van der Waals surface area (Å²) in [6.07, 6.45) is 1.90. The van der Waals surface area contributed by atoms with Crippen LogP contribution in [0.15, 0.2) is 18.2 Å². The van der Waals surface area contributed by atoms with Gasteiger partial charge in [-0.05, 0) is 31.0 Å². The van der Waals surface area contributed by atoms with Crippen molar-refractivity contribution in [1.29, 1.82) is 0 Å². The first-order chi connectivity index (χ1) is 8.13. The van der Waals surface area contributed by atoms with Gasteiger partial charge in [0.15, 0.2) is 0 Å². The maximum absolute atomic E-state index is 13.3. The van der Waals surface area contributed by atoms with Gasteiger partial charge < -0.3 is 15.7 Å². The molecule has 92 valence electrons. The SMILES string of the molecule is Nc1ccc(C(=O)N(CCO)C2CC2)cc1F. The summed E-state index contributed by atoms with van der Waals surface area (Å²) in [4.78, 5) is 13.7. The molecule has 0 unspecified atom stereocenters. The second kappa shape index (κ2) is 4.71. The monoisotopic (exact) mass is 238 g/mol. The summed E-state index contributed by atoms with van der Waals surface area (Å²) in [7, 11) is 0. The highest BCUT2D eigenvalue weighted by Crippen LogP contribution is 2.28. The Morgan fingerprint density at radius 2 is 2.24 bits per heavy atom. The first-order valence-corrected chi connectivity index (χ1v) is 5.60. The van der Waals surface area contributed by atoms with Crippen molar-refractivity contribution in [2.24, 2.45) is 0 Å². The van der Waals surface area contributed by atoms with Crippen molar-refractivity contribution in [3.63, 3.8) is 0 Å². The van der Waals surface area contributed by atoms with Crippen molar-refractivity contribution >= 4 is 11.6 Å². The molecule has 0 saturated heterocycles. The quantitative estimate of drug-likeness (QED) is 0.769. The molecule has 0 aromatic heterocycles. The molecule has 1 saturated carbocycles. The molecule has 5 heteroatoms. The smallest absolute Gasteiger partial charge is 0.254 e. The van der Waals surface area contributed by atoms with E-state index in [1.54, 1.807) is 4.90 Å². The fraction of sp³-hybridized carbons (Fsp3) is 0.417. The number of rotatable bonds is 4. The minimum atomic E-state index is -0.587. The van der Waals surface area contributed by atoms with Gasteiger partial charge in [-0.15, -0.1) is 0 Å². The van der Waals surface area contributed by atoms with E-state index in [9.17, 15) is 9.18 Å². The van der Waals surface area contributed by atoms with Crippen molar-refractivity contribution in [2.45, 2.75) is 18.9 Å². The van der Waals surface area contributed by atoms with Gasteiger partial charge in [0.1, 0.15) is 5.82 Å². The average Bonchev–Trinajstić information content (AvgIpc) is 3.13. The molecule has 3 N–H and O–H groups in total. The van der Waals surface area contributed by atoms with Gasteiger partial charge in [0.05, 0.1) is 12.3 Å². The average molecular weight is 238 g/mol. The molecule has 2 rings (SSSR count). The Balaban J connectivity index is 2.19. The molecule has 0 aliphatic heterocycles. The van der Waals surface area contributed by atoms with E-state index in [0.29, 0.717) is 0 Å². The number of anilines is 1. The highest BCUT2D eigenvalue weighted by atomic mass is 19.1. The van der Waals surface area contributed by atoms with Crippen LogP contribution in [-0.4, -0.2) is 35.1 Å². The predicted molar refractivity (Wildman–Crippen MR) is 62.0 cm³/mol. The lowest BCUT2D eigenvalue weighted by atomic mass is 10.1. The van der Waals surface area contributed by atoms with Crippen molar-refractivity contribution in [3.8, 4) is 0 Å². The van der Waals surface area contributed by atoms with Gasteiger partial charge in [-0.25, -0.2) is 4.39 Å². The van der Waals surface area contributed by atoms with Crippen LogP contribution in [0, 0.1) is 5.82 Å². The molecule has 0 spiro atoms. The Hall–Kier alpha value is -1.62. The van der Waals surface area contributed by atoms with Crippen LogP contribution in [0.5, 0.6) is 0 Å². The zero-order valence-electron chi connectivity index (χ0n) is 9.40. The zero-order chi connectivity index (χ0) is 12.4. The second-order valence-corrected chi connectivity index (χ2v) is 4.19. The lowest BCUT2D eigenvalue weighted by Gasteiger charge is -2.21. The molecule has 1 fully saturated rings. The number of hydrogen-bond acceptors (Lipinski definition) is 3. The Labute approximate surface area is 98.8 Å². The standard InChI is InChI=1S/C12H15FN2O2/c13-10-7-8(1-4-11(10)14)12(17)15(5-6-16)9-2-3-9/h1,4,7,9,16H,2-3,5-6,14H2. The van der Waals surface area contributed by atoms with Crippen LogP contribution >= 0.6 is 0 Å². The maximum Gasteiger partial charge on any atom is 0.254 e. The fourth-order valence-corrected chi connectivity index (χ4v) is 1.77. The summed E-state index contributed by atoms with van der Waals surface area (Å²) >= 11 is 0. The number of benzene rings is 1. The molecule has 1 aromatic carbocycles. The van der Waals surface area contributed by atoms with Crippen molar-refractivity contribution in [2.75, 3.05) is 18.9 Å². The highest BCUT2D eigenvalue weighted by Gasteiger charge is 2.32. The van der Waals surface area contributed by atoms with E-state index < -0.39 is 5.82 Å². The summed E-state index contributed by atoms with van der Waals surface area (Å²) in [6, 6.07) is 4.22. The van der Waals surface area contributed by atoms with Gasteiger partial charge >= 0.3 is 0 Å². The molecule has 17 heavy (non-hydrogen) atoms. The van der Waals surface area contributed by atoms with Gasteiger partial charge in [0, 0.05) is 18.2 Å². The van der Waals surface area contributed by atoms with Crippen molar-refractivity contribution < 1.29 is 14.3 Å². The van der Waals surface area contributed by atoms with E-state index in [-0.39, 0.29) is 36.4 Å². The number of nitrogens with zero attached hydrogens (tertiary/aromatic N) is 1. The van der Waals surface area contributed by atoms with Crippen molar-refractivity contribution in [1.82, 2.24) is 4.90 Å². The number of nitrogens with two attached hydrogens (primary N) is 1. The summed E-state index contributed by atoms with van der Waals surface area (Å²) in [5, 5.41) is 8.92. The number of amides is 1. The normalized spacial score (nSPS) is 14.7. The first kappa shape index (κ1) is 11.9. The number of nitrogen functional groups attached to an aromatic ring is 1. The molecule has 4 nitrogen and oxygen atoms in total. The topological polar surface area (TPSA) is 66.6 Å². The van der Waals surface area contributed by atoms with Crippen LogP contribution in [-0.2, 0) is 0 Å². The largest absolute Gasteiger partial charge is 0.396 e. The van der Waals surface area contributed by atoms with Crippen LogP contribution in [0.25, 0.3) is 0 Å². The van der Waals surface area contributed by atoms with Gasteiger partial charge in [-0.2, -0.15) is 0 Å². The van der Waals surface area contributed by atoms with Crippen LogP contribution < -0.4 is 5.73 Å². The third-order valence-electron chi connectivity index (χ3n) is 2.84. The number of hydrogen-bond donors (Lipinski definition) is 2. The lowest BCUT2D eigenvalue weighted by molar-refractivity contribution is 0.0707. The molecule has 1 aliphatic carbocycles. The Bertz CT molecular complexity index is 433. The van der Waals surface area contributed by atoms with Crippen LogP contribution in [0.3, 0.4) is 0 Å². The number of carbonyl (C=O) groups excluding carboxylic acids is 1. The highest BCUT2D eigenvalue weighted by molar-refractivity contribution is 5.95. The van der Waals surface area contributed by atoms with E-state index in [1.807, 2.05) is 0 Å². The molecule has 0 atom stereocenters. The molecule has 1 aromatic rings. The molecular formula is C12H15FN2O2. The second-order valence-electron chi connectivity index (χ2n) is 4.19. The minimum absolute atomic E-state index is 0.0293. The Morgan fingerprint density at radius 3 is 2.76 bits per heavy atom. The Kier molecular flexibility index (Phi) is 3.28. The number of carbonyl (C=O) groups is 1. The van der Waals surface area contributed by atoms with Gasteiger partial charge in [-0.1, -0.05) is 0 Å². The molecule has 1 aliphatic rings. The zero-order valence-corrected chi connectivity index (χ0v) is 9.40. The molecule has 0 bridgehead atoms. The third-order valence-corrected chi connectivity index (χ3v) is 2.84. The molecular weight excluding hydrogens is 223 g/mol. The van der Waals surface area contributed by atoms with Gasteiger partial charge in [0.2, 0.25) is 0 Å². The third kappa shape index (κ3) is 2.55. The van der Waals surface area contributed by atoms with E-state index in [4.69, 9.17) is 10.8 Å². The van der Waals surface area contributed by atoms with E-state index in [2.05, 4.69) is 0 Å². The molecule has 1 amide bonds. The van der Waals surface area contributed by atoms with Crippen molar-refractivity contribution in [3.05, 3.63) is 29.6 Å². The Morgan fingerprint density at radius 1 is 1.53 bits per heavy atom. The summed E-state index contributed by atoms with van der Waals surface area (Å²) in [5.41, 5.74) is 5.66. The predicted octanol–water partition coefficient (Wildman–Crippen LogP) is 1.00. The van der Waals surface area contributed by atoms with E-state index in [1.165, 1.54) is 12.1 Å². The summed E-state index contributed by atoms with van der Waals surface area (Å²) < 4.78 is 13.3. The van der Waals surface area contributed by atoms with Gasteiger partial charge in [-0.3, -0.25) is 4.79 Å². The van der Waals surface area contributed by atoms with E-state index >= 15 is 0 Å². The van der Waals surface area contributed by atoms with Crippen LogP contribution in [0.1, 0.15) is 23.2 Å². The number of aliphatic hydroxyl groups is 1.